The van der Waals surface area contributed by atoms with Gasteiger partial charge in [0, 0.05) is 0 Å². The van der Waals surface area contributed by atoms with Crippen molar-refractivity contribution in [3.05, 3.63) is 71.8 Å². The lowest BCUT2D eigenvalue weighted by Gasteiger charge is -2.36. The number of hydrogen-bond donors (Lipinski definition) is 0. The van der Waals surface area contributed by atoms with Gasteiger partial charge in [0.15, 0.2) is 16.6 Å². The molecule has 0 spiro atoms. The fourth-order valence-corrected chi connectivity index (χ4v) is 5.39. The van der Waals surface area contributed by atoms with Crippen LogP contribution in [-0.4, -0.2) is 28.8 Å². The summed E-state index contributed by atoms with van der Waals surface area (Å²) >= 11 is 0. The van der Waals surface area contributed by atoms with E-state index in [0.29, 0.717) is 0 Å². The Morgan fingerprint density at radius 3 is 1.15 bits per heavy atom. The van der Waals surface area contributed by atoms with E-state index >= 15 is 0 Å². The smallest absolute Gasteiger partial charge is 0.184 e. The van der Waals surface area contributed by atoms with Crippen LogP contribution in [0.1, 0.15) is 11.1 Å². The van der Waals surface area contributed by atoms with Gasteiger partial charge in [0.25, 0.3) is 0 Å². The average molecular weight is 387 g/mol. The van der Waals surface area contributed by atoms with Crippen LogP contribution < -0.4 is 0 Å². The Bertz CT molecular complexity index is 586. The molecule has 26 heavy (non-hydrogen) atoms. The highest BCUT2D eigenvalue weighted by atomic mass is 28.4. The minimum absolute atomic E-state index is 0.0796. The van der Waals surface area contributed by atoms with Crippen LogP contribution in [0.2, 0.25) is 39.3 Å². The number of benzene rings is 2. The van der Waals surface area contributed by atoms with Crippen molar-refractivity contribution in [3.8, 4) is 0 Å². The van der Waals surface area contributed by atoms with Crippen LogP contribution in [0, 0.1) is 0 Å². The largest absolute Gasteiger partial charge is 0.412 e. The molecule has 0 aliphatic carbocycles. The molecule has 0 saturated carbocycles. The Balaban J connectivity index is 2.28. The third-order valence-corrected chi connectivity index (χ3v) is 6.00. The van der Waals surface area contributed by atoms with Gasteiger partial charge in [-0.15, -0.1) is 0 Å². The first-order valence-corrected chi connectivity index (χ1v) is 16.4. The van der Waals surface area contributed by atoms with Crippen molar-refractivity contribution in [2.45, 2.75) is 64.3 Å². The zero-order valence-corrected chi connectivity index (χ0v) is 19.2. The molecule has 142 valence electrons. The Morgan fingerprint density at radius 1 is 0.577 bits per heavy atom. The van der Waals surface area contributed by atoms with Gasteiger partial charge in [-0.05, 0) is 63.3 Å². The van der Waals surface area contributed by atoms with Crippen LogP contribution in [0.15, 0.2) is 60.7 Å². The Morgan fingerprint density at radius 2 is 0.885 bits per heavy atom. The lowest BCUT2D eigenvalue weighted by molar-refractivity contribution is 0.0443. The third-order valence-electron chi connectivity index (χ3n) is 3.98. The van der Waals surface area contributed by atoms with Crippen LogP contribution in [0.4, 0.5) is 0 Å². The molecule has 2 atom stereocenters. The highest BCUT2D eigenvalue weighted by Gasteiger charge is 2.32. The molecule has 0 N–H and O–H groups in total. The zero-order valence-electron chi connectivity index (χ0n) is 17.2. The summed E-state index contributed by atoms with van der Waals surface area (Å²) in [6.07, 6.45) is 1.95. The molecular formula is C22H34O2Si2. The first kappa shape index (κ1) is 21.1. The Hall–Kier alpha value is -1.21. The molecule has 2 aromatic rings. The van der Waals surface area contributed by atoms with E-state index in [2.05, 4.69) is 99.9 Å². The van der Waals surface area contributed by atoms with Crippen LogP contribution in [0.25, 0.3) is 0 Å². The standard InChI is InChI=1S/C22H34O2Si2/c1-25(2,3)23-21(17-19-13-9-7-10-14-19)22(24-26(4,5)6)18-20-15-11-8-12-16-20/h7-16,21-22H,17-18H2,1-6H3. The van der Waals surface area contributed by atoms with E-state index in [1.54, 1.807) is 0 Å². The van der Waals surface area contributed by atoms with Gasteiger partial charge in [-0.3, -0.25) is 0 Å². The van der Waals surface area contributed by atoms with Crippen molar-refractivity contribution in [2.24, 2.45) is 0 Å². The molecular weight excluding hydrogens is 352 g/mol. The predicted molar refractivity (Wildman–Crippen MR) is 117 cm³/mol. The Labute approximate surface area is 161 Å². The molecule has 0 fully saturated rings. The summed E-state index contributed by atoms with van der Waals surface area (Å²) in [7, 11) is -3.39. The number of hydrogen-bond acceptors (Lipinski definition) is 2. The summed E-state index contributed by atoms with van der Waals surface area (Å²) in [4.78, 5) is 0. The average Bonchev–Trinajstić information content (AvgIpc) is 2.53. The summed E-state index contributed by atoms with van der Waals surface area (Å²) in [6, 6.07) is 21.3. The molecule has 0 aliphatic rings. The van der Waals surface area contributed by atoms with Crippen molar-refractivity contribution in [2.75, 3.05) is 0 Å². The number of rotatable bonds is 9. The topological polar surface area (TPSA) is 18.5 Å². The maximum atomic E-state index is 6.66. The van der Waals surface area contributed by atoms with Crippen LogP contribution in [0.3, 0.4) is 0 Å². The fraction of sp³-hybridized carbons (Fsp3) is 0.455. The molecule has 2 unspecified atom stereocenters. The van der Waals surface area contributed by atoms with E-state index in [1.807, 2.05) is 0 Å². The zero-order chi connectivity index (χ0) is 19.2. The minimum atomic E-state index is -1.69. The van der Waals surface area contributed by atoms with Gasteiger partial charge in [-0.1, -0.05) is 60.7 Å². The van der Waals surface area contributed by atoms with E-state index < -0.39 is 16.6 Å². The third kappa shape index (κ3) is 8.00. The summed E-state index contributed by atoms with van der Waals surface area (Å²) < 4.78 is 13.3. The molecule has 2 aromatic carbocycles. The lowest BCUT2D eigenvalue weighted by Crippen LogP contribution is -2.46. The molecule has 0 saturated heterocycles. The first-order valence-electron chi connectivity index (χ1n) is 9.56. The molecule has 2 rings (SSSR count). The lowest BCUT2D eigenvalue weighted by atomic mass is 9.99. The molecule has 0 aliphatic heterocycles. The second kappa shape index (κ2) is 9.13. The molecule has 0 aromatic heterocycles. The second-order valence-electron chi connectivity index (χ2n) is 8.92. The van der Waals surface area contributed by atoms with Crippen molar-refractivity contribution < 1.29 is 8.85 Å². The molecule has 2 nitrogen and oxygen atoms in total. The Kier molecular flexibility index (Phi) is 7.41. The van der Waals surface area contributed by atoms with E-state index in [-0.39, 0.29) is 12.2 Å². The normalized spacial score (nSPS) is 14.8. The fourth-order valence-electron chi connectivity index (χ4n) is 3.10. The van der Waals surface area contributed by atoms with Crippen molar-refractivity contribution in [1.82, 2.24) is 0 Å². The summed E-state index contributed by atoms with van der Waals surface area (Å²) in [5.74, 6) is 0. The molecule has 0 amide bonds. The quantitative estimate of drug-likeness (QED) is 0.499. The maximum Gasteiger partial charge on any atom is 0.184 e. The molecule has 4 heteroatoms. The summed E-state index contributed by atoms with van der Waals surface area (Å²) in [5, 5.41) is 0. The molecule has 0 bridgehead atoms. The highest BCUT2D eigenvalue weighted by molar-refractivity contribution is 6.70. The van der Waals surface area contributed by atoms with Gasteiger partial charge < -0.3 is 8.85 Å². The summed E-state index contributed by atoms with van der Waals surface area (Å²) in [5.41, 5.74) is 2.63. The van der Waals surface area contributed by atoms with Crippen LogP contribution >= 0.6 is 0 Å². The van der Waals surface area contributed by atoms with Gasteiger partial charge in [-0.25, -0.2) is 0 Å². The first-order chi connectivity index (χ1) is 12.1. The van der Waals surface area contributed by atoms with E-state index in [0.717, 1.165) is 12.8 Å². The molecule has 0 radical (unpaired) electrons. The van der Waals surface area contributed by atoms with Crippen LogP contribution in [0.5, 0.6) is 0 Å². The van der Waals surface area contributed by atoms with Gasteiger partial charge in [0.1, 0.15) is 0 Å². The van der Waals surface area contributed by atoms with E-state index in [1.165, 1.54) is 11.1 Å². The highest BCUT2D eigenvalue weighted by Crippen LogP contribution is 2.23. The van der Waals surface area contributed by atoms with Crippen molar-refractivity contribution in [1.29, 1.82) is 0 Å². The van der Waals surface area contributed by atoms with Gasteiger partial charge >= 0.3 is 0 Å². The predicted octanol–water partition coefficient (Wildman–Crippen LogP) is 5.91. The van der Waals surface area contributed by atoms with Gasteiger partial charge in [0.2, 0.25) is 0 Å². The summed E-state index contributed by atoms with van der Waals surface area (Å²) in [6.45, 7) is 13.6. The van der Waals surface area contributed by atoms with Gasteiger partial charge in [0.05, 0.1) is 12.2 Å². The van der Waals surface area contributed by atoms with E-state index in [4.69, 9.17) is 8.85 Å². The molecule has 0 heterocycles. The van der Waals surface area contributed by atoms with Crippen molar-refractivity contribution in [3.63, 3.8) is 0 Å². The van der Waals surface area contributed by atoms with Crippen molar-refractivity contribution >= 4 is 16.6 Å². The minimum Gasteiger partial charge on any atom is -0.412 e. The van der Waals surface area contributed by atoms with Gasteiger partial charge in [-0.2, -0.15) is 0 Å². The van der Waals surface area contributed by atoms with Crippen LogP contribution in [-0.2, 0) is 21.7 Å². The second-order valence-corrected chi connectivity index (χ2v) is 17.8. The SMILES string of the molecule is C[Si](C)(C)OC(Cc1ccccc1)C(Cc1ccccc1)O[Si](C)(C)C. The monoisotopic (exact) mass is 386 g/mol. The maximum absolute atomic E-state index is 6.66. The van der Waals surface area contributed by atoms with E-state index in [9.17, 15) is 0 Å².